The number of nitrogens with zero attached hydrogens (tertiary/aromatic N) is 5. The van der Waals surface area contributed by atoms with Crippen LogP contribution >= 0.6 is 23.4 Å². The van der Waals surface area contributed by atoms with Crippen molar-refractivity contribution < 1.29 is 0 Å². The average Bonchev–Trinajstić information content (AvgIpc) is 3.23. The number of nitrogens with one attached hydrogen (secondary N) is 1. The molecule has 158 valence electrons. The molecule has 9 heteroatoms. The summed E-state index contributed by atoms with van der Waals surface area (Å²) in [5.74, 6) is 1.26. The largest absolute Gasteiger partial charge is 0.309 e. The third kappa shape index (κ3) is 3.90. The van der Waals surface area contributed by atoms with Gasteiger partial charge in [0.1, 0.15) is 5.82 Å². The minimum Gasteiger partial charge on any atom is -0.309 e. The lowest BCUT2D eigenvalue weighted by Crippen LogP contribution is -2.13. The lowest BCUT2D eigenvalue weighted by molar-refractivity contribution is 0.862. The maximum absolute atomic E-state index is 12.5. The van der Waals surface area contributed by atoms with E-state index in [1.165, 1.54) is 11.8 Å². The van der Waals surface area contributed by atoms with Gasteiger partial charge in [0.15, 0.2) is 11.0 Å². The highest BCUT2D eigenvalue weighted by Gasteiger charge is 2.20. The molecule has 0 bridgehead atoms. The minimum atomic E-state index is -0.173. The van der Waals surface area contributed by atoms with E-state index in [-0.39, 0.29) is 10.8 Å². The standard InChI is InChI=1S/C23H17ClN6OS/c1-14(20-26-19-5-3-2-4-18(19)22(31)27-20)32-23-29-28-21(15-10-12-25-13-11-15)30(23)17-8-6-16(24)7-9-17/h2-14H,1H3,(H,26,27,31). The van der Waals surface area contributed by atoms with Gasteiger partial charge in [-0.15, -0.1) is 10.2 Å². The number of thioether (sulfide) groups is 1. The predicted molar refractivity (Wildman–Crippen MR) is 126 cm³/mol. The van der Waals surface area contributed by atoms with Gasteiger partial charge in [0.25, 0.3) is 5.56 Å². The Morgan fingerprint density at radius 3 is 2.53 bits per heavy atom. The number of benzene rings is 2. The summed E-state index contributed by atoms with van der Waals surface area (Å²) in [5.41, 5.74) is 2.27. The van der Waals surface area contributed by atoms with E-state index in [9.17, 15) is 4.79 Å². The molecule has 1 N–H and O–H groups in total. The smallest absolute Gasteiger partial charge is 0.258 e. The monoisotopic (exact) mass is 460 g/mol. The molecule has 0 aliphatic heterocycles. The molecule has 0 aliphatic rings. The van der Waals surface area contributed by atoms with Crippen LogP contribution in [0.3, 0.4) is 0 Å². The van der Waals surface area contributed by atoms with Crippen LogP contribution in [0.25, 0.3) is 28.0 Å². The molecule has 1 unspecified atom stereocenters. The van der Waals surface area contributed by atoms with Crippen molar-refractivity contribution in [1.29, 1.82) is 0 Å². The number of aromatic amines is 1. The topological polar surface area (TPSA) is 89.3 Å². The second-order valence-corrected chi connectivity index (χ2v) is 8.83. The third-order valence-corrected chi connectivity index (χ3v) is 6.26. The molecule has 3 heterocycles. The maximum Gasteiger partial charge on any atom is 0.258 e. The average molecular weight is 461 g/mol. The summed E-state index contributed by atoms with van der Waals surface area (Å²) in [6, 6.07) is 18.6. The highest BCUT2D eigenvalue weighted by atomic mass is 35.5. The van der Waals surface area contributed by atoms with Crippen LogP contribution in [0.5, 0.6) is 0 Å². The molecule has 0 radical (unpaired) electrons. The van der Waals surface area contributed by atoms with Gasteiger partial charge in [0, 0.05) is 28.7 Å². The van der Waals surface area contributed by atoms with Crippen molar-refractivity contribution in [3.05, 3.63) is 94.3 Å². The van der Waals surface area contributed by atoms with Crippen molar-refractivity contribution >= 4 is 34.3 Å². The van der Waals surface area contributed by atoms with E-state index in [0.717, 1.165) is 11.3 Å². The molecule has 0 saturated carbocycles. The second kappa shape index (κ2) is 8.57. The molecule has 0 amide bonds. The minimum absolute atomic E-state index is 0.158. The Labute approximate surface area is 192 Å². The first kappa shape index (κ1) is 20.4. The molecule has 1 atom stereocenters. The SMILES string of the molecule is CC(Sc1nnc(-c2ccncc2)n1-c1ccc(Cl)cc1)c1nc2ccccc2c(=O)[nH]1. The highest BCUT2D eigenvalue weighted by Crippen LogP contribution is 2.36. The zero-order valence-electron chi connectivity index (χ0n) is 16.9. The van der Waals surface area contributed by atoms with Gasteiger partial charge in [-0.05, 0) is 55.5 Å². The summed E-state index contributed by atoms with van der Waals surface area (Å²) in [7, 11) is 0. The van der Waals surface area contributed by atoms with Crippen LogP contribution in [0.2, 0.25) is 5.02 Å². The van der Waals surface area contributed by atoms with Crippen LogP contribution in [-0.2, 0) is 0 Å². The number of hydrogen-bond acceptors (Lipinski definition) is 6. The number of para-hydroxylation sites is 1. The zero-order valence-corrected chi connectivity index (χ0v) is 18.5. The van der Waals surface area contributed by atoms with Gasteiger partial charge in [-0.25, -0.2) is 4.98 Å². The Morgan fingerprint density at radius 2 is 1.75 bits per heavy atom. The maximum atomic E-state index is 12.5. The Morgan fingerprint density at radius 1 is 1.00 bits per heavy atom. The fraction of sp³-hybridized carbons (Fsp3) is 0.0870. The van der Waals surface area contributed by atoms with Crippen LogP contribution in [0.1, 0.15) is 18.0 Å². The van der Waals surface area contributed by atoms with Crippen molar-refractivity contribution in [2.45, 2.75) is 17.3 Å². The number of pyridine rings is 1. The van der Waals surface area contributed by atoms with Crippen LogP contribution in [0.4, 0.5) is 0 Å². The van der Waals surface area contributed by atoms with Crippen molar-refractivity contribution in [3.63, 3.8) is 0 Å². The van der Waals surface area contributed by atoms with Gasteiger partial charge in [-0.2, -0.15) is 0 Å². The summed E-state index contributed by atoms with van der Waals surface area (Å²) in [6.45, 7) is 1.98. The van der Waals surface area contributed by atoms with Gasteiger partial charge in [-0.3, -0.25) is 14.3 Å². The van der Waals surface area contributed by atoms with Crippen LogP contribution < -0.4 is 5.56 Å². The van der Waals surface area contributed by atoms with E-state index in [0.29, 0.717) is 32.7 Å². The molecule has 3 aromatic heterocycles. The third-order valence-electron chi connectivity index (χ3n) is 4.96. The fourth-order valence-electron chi connectivity index (χ4n) is 3.37. The first-order chi connectivity index (χ1) is 15.6. The van der Waals surface area contributed by atoms with E-state index in [4.69, 9.17) is 11.6 Å². The Kier molecular flexibility index (Phi) is 5.46. The summed E-state index contributed by atoms with van der Waals surface area (Å²) in [6.07, 6.45) is 3.44. The number of halogens is 1. The molecule has 0 fully saturated rings. The molecule has 5 rings (SSSR count). The molecule has 32 heavy (non-hydrogen) atoms. The van der Waals surface area contributed by atoms with Gasteiger partial charge >= 0.3 is 0 Å². The quantitative estimate of drug-likeness (QED) is 0.368. The molecular formula is C23H17ClN6OS. The normalized spacial score (nSPS) is 12.2. The number of aromatic nitrogens is 6. The van der Waals surface area contributed by atoms with Crippen LogP contribution in [0, 0.1) is 0 Å². The lowest BCUT2D eigenvalue weighted by atomic mass is 10.2. The lowest BCUT2D eigenvalue weighted by Gasteiger charge is -2.14. The molecule has 0 saturated heterocycles. The fourth-order valence-corrected chi connectivity index (χ4v) is 4.42. The van der Waals surface area contributed by atoms with E-state index < -0.39 is 0 Å². The van der Waals surface area contributed by atoms with E-state index in [1.54, 1.807) is 18.5 Å². The van der Waals surface area contributed by atoms with Crippen molar-refractivity contribution in [2.24, 2.45) is 0 Å². The highest BCUT2D eigenvalue weighted by molar-refractivity contribution is 7.99. The predicted octanol–water partition coefficient (Wildman–Crippen LogP) is 5.07. The molecule has 7 nitrogen and oxygen atoms in total. The number of fused-ring (bicyclic) bond motifs is 1. The first-order valence-electron chi connectivity index (χ1n) is 9.87. The molecule has 2 aromatic carbocycles. The Hall–Kier alpha value is -3.49. The Balaban J connectivity index is 1.57. The summed E-state index contributed by atoms with van der Waals surface area (Å²) < 4.78 is 1.96. The van der Waals surface area contributed by atoms with Gasteiger partial charge in [-0.1, -0.05) is 35.5 Å². The molecular weight excluding hydrogens is 444 g/mol. The molecule has 0 aliphatic carbocycles. The Bertz CT molecular complexity index is 1450. The molecule has 0 spiro atoms. The van der Waals surface area contributed by atoms with Crippen molar-refractivity contribution in [3.8, 4) is 17.1 Å². The number of H-pyrrole nitrogens is 1. The van der Waals surface area contributed by atoms with E-state index in [1.807, 2.05) is 66.1 Å². The van der Waals surface area contributed by atoms with Crippen molar-refractivity contribution in [1.82, 2.24) is 29.7 Å². The second-order valence-electron chi connectivity index (χ2n) is 7.08. The van der Waals surface area contributed by atoms with Gasteiger partial charge < -0.3 is 4.98 Å². The van der Waals surface area contributed by atoms with Gasteiger partial charge in [0.05, 0.1) is 16.2 Å². The van der Waals surface area contributed by atoms with Crippen molar-refractivity contribution in [2.75, 3.05) is 0 Å². The summed E-state index contributed by atoms with van der Waals surface area (Å²) in [5, 5.41) is 10.6. The number of hydrogen-bond donors (Lipinski definition) is 1. The number of rotatable bonds is 5. The van der Waals surface area contributed by atoms with Crippen LogP contribution in [-0.4, -0.2) is 29.7 Å². The molecule has 5 aromatic rings. The van der Waals surface area contributed by atoms with E-state index >= 15 is 0 Å². The van der Waals surface area contributed by atoms with Gasteiger partial charge in [0.2, 0.25) is 0 Å². The summed E-state index contributed by atoms with van der Waals surface area (Å²) >= 11 is 7.56. The zero-order chi connectivity index (χ0) is 22.1. The summed E-state index contributed by atoms with van der Waals surface area (Å²) in [4.78, 5) is 24.2. The van der Waals surface area contributed by atoms with Crippen LogP contribution in [0.15, 0.2) is 83.0 Å². The first-order valence-corrected chi connectivity index (χ1v) is 11.1. The van der Waals surface area contributed by atoms with E-state index in [2.05, 4.69) is 25.1 Å².